The van der Waals surface area contributed by atoms with Crippen LogP contribution < -0.4 is 11.3 Å². The number of hydrogen-bond donors (Lipinski definition) is 2. The zero-order chi connectivity index (χ0) is 14.7. The van der Waals surface area contributed by atoms with Crippen molar-refractivity contribution in [3.05, 3.63) is 34.3 Å². The molecule has 3 N–H and O–H groups in total. The van der Waals surface area contributed by atoms with E-state index in [1.54, 1.807) is 0 Å². The summed E-state index contributed by atoms with van der Waals surface area (Å²) in [6, 6.07) is 8.74. The van der Waals surface area contributed by atoms with Gasteiger partial charge in [-0.3, -0.25) is 11.3 Å². The predicted octanol–water partition coefficient (Wildman–Crippen LogP) is 4.08. The molecule has 1 heterocycles. The van der Waals surface area contributed by atoms with Gasteiger partial charge in [0.15, 0.2) is 0 Å². The van der Waals surface area contributed by atoms with Crippen LogP contribution in [0.3, 0.4) is 0 Å². The van der Waals surface area contributed by atoms with Crippen molar-refractivity contribution in [2.24, 2.45) is 11.8 Å². The summed E-state index contributed by atoms with van der Waals surface area (Å²) in [6.07, 6.45) is 8.66. The lowest BCUT2D eigenvalue weighted by Gasteiger charge is -2.45. The minimum absolute atomic E-state index is 0.131. The van der Waals surface area contributed by atoms with Crippen molar-refractivity contribution in [3.63, 3.8) is 0 Å². The predicted molar refractivity (Wildman–Crippen MR) is 88.7 cm³/mol. The fourth-order valence-electron chi connectivity index (χ4n) is 4.07. The molecule has 0 radical (unpaired) electrons. The molecule has 1 aromatic rings. The second kappa shape index (κ2) is 6.78. The first-order chi connectivity index (χ1) is 10.2. The maximum atomic E-state index is 6.21. The van der Waals surface area contributed by atoms with E-state index in [4.69, 9.17) is 10.6 Å². The summed E-state index contributed by atoms with van der Waals surface area (Å²) < 4.78 is 7.32. The number of ether oxygens (including phenoxy) is 1. The van der Waals surface area contributed by atoms with Crippen molar-refractivity contribution in [2.45, 2.75) is 56.6 Å². The molecule has 21 heavy (non-hydrogen) atoms. The fourth-order valence-corrected chi connectivity index (χ4v) is 4.33. The van der Waals surface area contributed by atoms with E-state index in [0.29, 0.717) is 5.92 Å². The summed E-state index contributed by atoms with van der Waals surface area (Å²) in [7, 11) is 0. The average molecular weight is 353 g/mol. The summed E-state index contributed by atoms with van der Waals surface area (Å²) in [5.74, 6) is 6.45. The van der Waals surface area contributed by atoms with E-state index in [-0.39, 0.29) is 11.6 Å². The highest BCUT2D eigenvalue weighted by Gasteiger charge is 2.40. The number of hydrogen-bond acceptors (Lipinski definition) is 3. The maximum Gasteiger partial charge on any atom is 0.0686 e. The lowest BCUT2D eigenvalue weighted by molar-refractivity contribution is -0.122. The van der Waals surface area contributed by atoms with Crippen LogP contribution in [0, 0.1) is 5.92 Å². The molecule has 0 amide bonds. The van der Waals surface area contributed by atoms with Crippen LogP contribution in [0.5, 0.6) is 0 Å². The van der Waals surface area contributed by atoms with Crippen molar-refractivity contribution < 1.29 is 4.74 Å². The Morgan fingerprint density at radius 2 is 1.90 bits per heavy atom. The quantitative estimate of drug-likeness (QED) is 0.636. The minimum Gasteiger partial charge on any atom is -0.375 e. The first-order valence-corrected chi connectivity index (χ1v) is 8.87. The largest absolute Gasteiger partial charge is 0.375 e. The molecule has 1 saturated heterocycles. The Morgan fingerprint density at radius 3 is 2.57 bits per heavy atom. The molecular formula is C17H25BrN2O. The molecule has 2 atom stereocenters. The van der Waals surface area contributed by atoms with Gasteiger partial charge in [0.25, 0.3) is 0 Å². The molecule has 0 aromatic heterocycles. The first-order valence-electron chi connectivity index (χ1n) is 8.08. The topological polar surface area (TPSA) is 47.3 Å². The molecule has 0 bridgehead atoms. The van der Waals surface area contributed by atoms with Crippen molar-refractivity contribution in [2.75, 3.05) is 6.61 Å². The van der Waals surface area contributed by atoms with Gasteiger partial charge in [-0.1, -0.05) is 47.3 Å². The van der Waals surface area contributed by atoms with Gasteiger partial charge in [-0.05, 0) is 49.3 Å². The lowest BCUT2D eigenvalue weighted by Crippen LogP contribution is -2.45. The van der Waals surface area contributed by atoms with Gasteiger partial charge in [0.2, 0.25) is 0 Å². The van der Waals surface area contributed by atoms with E-state index in [1.165, 1.54) is 37.7 Å². The number of rotatable bonds is 3. The Labute approximate surface area is 135 Å². The summed E-state index contributed by atoms with van der Waals surface area (Å²) >= 11 is 3.50. The second-order valence-corrected chi connectivity index (χ2v) is 7.46. The van der Waals surface area contributed by atoms with Crippen LogP contribution in [0.2, 0.25) is 0 Å². The van der Waals surface area contributed by atoms with Crippen LogP contribution >= 0.6 is 15.9 Å². The summed E-state index contributed by atoms with van der Waals surface area (Å²) in [5, 5.41) is 0. The molecule has 1 spiro atoms. The molecule has 116 valence electrons. The summed E-state index contributed by atoms with van der Waals surface area (Å²) in [6.45, 7) is 0.874. The number of halogens is 1. The van der Waals surface area contributed by atoms with Crippen LogP contribution in [0.4, 0.5) is 0 Å². The zero-order valence-corrected chi connectivity index (χ0v) is 14.1. The van der Waals surface area contributed by atoms with Gasteiger partial charge in [-0.2, -0.15) is 0 Å². The highest BCUT2D eigenvalue weighted by atomic mass is 79.9. The molecule has 2 fully saturated rings. The van der Waals surface area contributed by atoms with Gasteiger partial charge >= 0.3 is 0 Å². The van der Waals surface area contributed by atoms with Crippen LogP contribution in [0.25, 0.3) is 0 Å². The molecule has 1 aliphatic carbocycles. The Morgan fingerprint density at radius 1 is 1.19 bits per heavy atom. The van der Waals surface area contributed by atoms with Gasteiger partial charge in [-0.25, -0.2) is 0 Å². The molecule has 2 unspecified atom stereocenters. The van der Waals surface area contributed by atoms with Crippen molar-refractivity contribution >= 4 is 15.9 Å². The van der Waals surface area contributed by atoms with E-state index in [0.717, 1.165) is 23.9 Å². The smallest absolute Gasteiger partial charge is 0.0686 e. The van der Waals surface area contributed by atoms with E-state index in [9.17, 15) is 0 Å². The van der Waals surface area contributed by atoms with E-state index >= 15 is 0 Å². The van der Waals surface area contributed by atoms with Crippen LogP contribution in [-0.4, -0.2) is 12.2 Å². The third-order valence-electron chi connectivity index (χ3n) is 5.18. The highest BCUT2D eigenvalue weighted by molar-refractivity contribution is 9.10. The normalized spacial score (nSPS) is 26.7. The van der Waals surface area contributed by atoms with Crippen molar-refractivity contribution in [1.82, 2.24) is 5.43 Å². The Hall–Kier alpha value is -0.420. The lowest BCUT2D eigenvalue weighted by atomic mass is 9.73. The van der Waals surface area contributed by atoms with Gasteiger partial charge in [-0.15, -0.1) is 0 Å². The zero-order valence-electron chi connectivity index (χ0n) is 12.5. The van der Waals surface area contributed by atoms with Gasteiger partial charge in [0.1, 0.15) is 0 Å². The van der Waals surface area contributed by atoms with Crippen molar-refractivity contribution in [1.29, 1.82) is 0 Å². The summed E-state index contributed by atoms with van der Waals surface area (Å²) in [4.78, 5) is 0. The molecule has 1 aliphatic heterocycles. The molecule has 1 aromatic carbocycles. The SMILES string of the molecule is NNC(c1ccc(Br)cc1)C1CCOC2(CCCCC2)C1. The van der Waals surface area contributed by atoms with Gasteiger partial charge < -0.3 is 4.74 Å². The maximum absolute atomic E-state index is 6.21. The molecule has 4 heteroatoms. The van der Waals surface area contributed by atoms with E-state index < -0.39 is 0 Å². The Kier molecular flexibility index (Phi) is 4.99. The first kappa shape index (κ1) is 15.5. The Bertz CT molecular complexity index is 451. The van der Waals surface area contributed by atoms with Crippen LogP contribution in [-0.2, 0) is 4.74 Å². The molecular weight excluding hydrogens is 328 g/mol. The molecule has 3 nitrogen and oxygen atoms in total. The summed E-state index contributed by atoms with van der Waals surface area (Å²) in [5.41, 5.74) is 4.47. The average Bonchev–Trinajstić information content (AvgIpc) is 2.51. The number of nitrogens with one attached hydrogen (secondary N) is 1. The molecule has 3 rings (SSSR count). The minimum atomic E-state index is 0.131. The van der Waals surface area contributed by atoms with Crippen LogP contribution in [0.1, 0.15) is 56.6 Å². The second-order valence-electron chi connectivity index (χ2n) is 6.54. The highest BCUT2D eigenvalue weighted by Crippen LogP contribution is 2.44. The number of hydrazine groups is 1. The van der Waals surface area contributed by atoms with E-state index in [2.05, 4.69) is 45.6 Å². The number of benzene rings is 1. The number of nitrogens with two attached hydrogens (primary N) is 1. The molecule has 1 saturated carbocycles. The molecule has 2 aliphatic rings. The third-order valence-corrected chi connectivity index (χ3v) is 5.70. The fraction of sp³-hybridized carbons (Fsp3) is 0.647. The van der Waals surface area contributed by atoms with E-state index in [1.807, 2.05) is 0 Å². The standard InChI is InChI=1S/C17H25BrN2O/c18-15-6-4-13(5-7-15)16(20-19)14-8-11-21-17(12-14)9-2-1-3-10-17/h4-7,14,16,20H,1-3,8-12,19H2. The van der Waals surface area contributed by atoms with Gasteiger partial charge in [0.05, 0.1) is 5.60 Å². The Balaban J connectivity index is 1.75. The van der Waals surface area contributed by atoms with Crippen LogP contribution in [0.15, 0.2) is 28.7 Å². The van der Waals surface area contributed by atoms with Gasteiger partial charge in [0, 0.05) is 17.1 Å². The monoisotopic (exact) mass is 352 g/mol. The van der Waals surface area contributed by atoms with Crippen molar-refractivity contribution in [3.8, 4) is 0 Å². The third kappa shape index (κ3) is 3.50.